The number of amides is 1. The van der Waals surface area contributed by atoms with Crippen molar-refractivity contribution in [3.8, 4) is 0 Å². The molecule has 0 fully saturated rings. The molecule has 0 bridgehead atoms. The topological polar surface area (TPSA) is 88.1 Å². The van der Waals surface area contributed by atoms with Crippen LogP contribution in [0.3, 0.4) is 0 Å². The van der Waals surface area contributed by atoms with Crippen molar-refractivity contribution in [1.29, 1.82) is 0 Å². The first kappa shape index (κ1) is 20.6. The fraction of sp³-hybridized carbons (Fsp3) is 0.333. The van der Waals surface area contributed by atoms with Crippen LogP contribution in [-0.2, 0) is 27.2 Å². The predicted molar refractivity (Wildman–Crippen MR) is 122 cm³/mol. The van der Waals surface area contributed by atoms with E-state index in [-0.39, 0.29) is 35.4 Å². The smallest absolute Gasteiger partial charge is 0.338 e. The first-order valence-electron chi connectivity index (χ1n) is 10.8. The van der Waals surface area contributed by atoms with Gasteiger partial charge in [0.2, 0.25) is 0 Å². The van der Waals surface area contributed by atoms with Crippen LogP contribution in [0.5, 0.6) is 0 Å². The zero-order chi connectivity index (χ0) is 22.4. The molecule has 0 saturated carbocycles. The first-order valence-corrected chi connectivity index (χ1v) is 11.6. The molecule has 8 heteroatoms. The number of rotatable bonds is 4. The maximum Gasteiger partial charge on any atom is 0.338 e. The molecule has 1 unspecified atom stereocenters. The number of nitrogens with zero attached hydrogens (tertiary/aromatic N) is 2. The lowest BCUT2D eigenvalue weighted by Crippen LogP contribution is -2.46. The number of ketones is 1. The first-order chi connectivity index (χ1) is 15.5. The van der Waals surface area contributed by atoms with Gasteiger partial charge < -0.3 is 10.1 Å². The fourth-order valence-electron chi connectivity index (χ4n) is 4.64. The van der Waals surface area contributed by atoms with Gasteiger partial charge >= 0.3 is 5.97 Å². The number of hydrazone groups is 1. The molecule has 2 aliphatic heterocycles. The van der Waals surface area contributed by atoms with E-state index < -0.39 is 11.9 Å². The number of aryl methyl sites for hydroxylation is 1. The summed E-state index contributed by atoms with van der Waals surface area (Å²) >= 11 is 1.53. The Morgan fingerprint density at radius 2 is 1.97 bits per heavy atom. The number of Topliss-reactive ketones (excluding diaryl/α,β-unsaturated/α-hetero) is 1. The summed E-state index contributed by atoms with van der Waals surface area (Å²) in [6, 6.07) is 9.25. The van der Waals surface area contributed by atoms with Crippen molar-refractivity contribution in [3.05, 3.63) is 63.3 Å². The molecule has 1 aromatic carbocycles. The molecule has 1 N–H and O–H groups in total. The molecule has 164 valence electrons. The summed E-state index contributed by atoms with van der Waals surface area (Å²) in [4.78, 5) is 40.3. The number of carbonyl (C=O) groups is 3. The molecule has 3 aliphatic rings. The maximum atomic E-state index is 13.2. The van der Waals surface area contributed by atoms with Gasteiger partial charge in [0.1, 0.15) is 16.5 Å². The van der Waals surface area contributed by atoms with Gasteiger partial charge in [-0.15, -0.1) is 11.3 Å². The molecule has 1 amide bonds. The number of esters is 1. The molecular formula is C24H23N3O4S. The van der Waals surface area contributed by atoms with Gasteiger partial charge in [-0.2, -0.15) is 5.10 Å². The summed E-state index contributed by atoms with van der Waals surface area (Å²) in [5, 5.41) is 9.86. The van der Waals surface area contributed by atoms with Crippen LogP contribution in [0.4, 0.5) is 5.00 Å². The van der Waals surface area contributed by atoms with Crippen LogP contribution >= 0.6 is 11.3 Å². The summed E-state index contributed by atoms with van der Waals surface area (Å²) in [5.41, 5.74) is 2.89. The average molecular weight is 450 g/mol. The van der Waals surface area contributed by atoms with Crippen molar-refractivity contribution in [1.82, 2.24) is 5.32 Å². The zero-order valence-electron chi connectivity index (χ0n) is 17.9. The minimum atomic E-state index is -0.726. The van der Waals surface area contributed by atoms with Crippen LogP contribution in [0, 0.1) is 0 Å². The molecule has 0 spiro atoms. The average Bonchev–Trinajstić information content (AvgIpc) is 3.19. The number of anilines is 1. The highest BCUT2D eigenvalue weighted by Gasteiger charge is 2.44. The number of hydrogen-bond donors (Lipinski definition) is 1. The van der Waals surface area contributed by atoms with Gasteiger partial charge in [-0.1, -0.05) is 30.3 Å². The Hall–Kier alpha value is -3.26. The highest BCUT2D eigenvalue weighted by Crippen LogP contribution is 2.46. The van der Waals surface area contributed by atoms with Crippen molar-refractivity contribution in [3.63, 3.8) is 0 Å². The Balaban J connectivity index is 1.76. The van der Waals surface area contributed by atoms with E-state index >= 15 is 0 Å². The van der Waals surface area contributed by atoms with Crippen molar-refractivity contribution < 1.29 is 19.1 Å². The van der Waals surface area contributed by atoms with E-state index in [1.165, 1.54) is 23.1 Å². The van der Waals surface area contributed by atoms with E-state index in [9.17, 15) is 14.4 Å². The van der Waals surface area contributed by atoms with Crippen molar-refractivity contribution >= 4 is 39.7 Å². The molecule has 1 aliphatic carbocycles. The third kappa shape index (κ3) is 3.17. The lowest BCUT2D eigenvalue weighted by atomic mass is 9.83. The molecule has 3 heterocycles. The minimum Gasteiger partial charge on any atom is -0.463 e. The minimum absolute atomic E-state index is 0.177. The Bertz CT molecular complexity index is 1200. The van der Waals surface area contributed by atoms with Crippen molar-refractivity contribution in [2.75, 3.05) is 11.6 Å². The molecule has 0 saturated heterocycles. The summed E-state index contributed by atoms with van der Waals surface area (Å²) in [6.45, 7) is 3.35. The third-order valence-corrected chi connectivity index (χ3v) is 7.30. The van der Waals surface area contributed by atoms with Crippen LogP contribution in [0.25, 0.3) is 0 Å². The number of thiophene rings is 1. The standard InChI is InChI=1S/C24H23N3O4S/c1-3-31-24(30)19-17(14-9-5-4-6-10-14)20(13(2)28)26-27-21(19)25-22(29)18-15-11-7-8-12-16(15)32-23(18)27/h4-6,9-10,17H,3,7-8,11-12H2,1-2H3,(H,25,29). The molecule has 5 rings (SSSR count). The van der Waals surface area contributed by atoms with E-state index in [4.69, 9.17) is 9.84 Å². The van der Waals surface area contributed by atoms with Gasteiger partial charge in [0.15, 0.2) is 5.78 Å². The monoisotopic (exact) mass is 449 g/mol. The van der Waals surface area contributed by atoms with E-state index in [0.29, 0.717) is 10.6 Å². The highest BCUT2D eigenvalue weighted by molar-refractivity contribution is 7.16. The van der Waals surface area contributed by atoms with Crippen molar-refractivity contribution in [2.45, 2.75) is 45.4 Å². The summed E-state index contributed by atoms with van der Waals surface area (Å²) in [7, 11) is 0. The molecule has 0 radical (unpaired) electrons. The largest absolute Gasteiger partial charge is 0.463 e. The Morgan fingerprint density at radius 3 is 2.69 bits per heavy atom. The number of benzene rings is 1. The van der Waals surface area contributed by atoms with Crippen LogP contribution in [0.1, 0.15) is 59.0 Å². The number of nitrogens with one attached hydrogen (secondary N) is 1. The van der Waals surface area contributed by atoms with Crippen LogP contribution in [-0.4, -0.2) is 30.0 Å². The number of hydrogen-bond acceptors (Lipinski definition) is 7. The Morgan fingerprint density at radius 1 is 1.22 bits per heavy atom. The quantitative estimate of drug-likeness (QED) is 0.720. The van der Waals surface area contributed by atoms with Crippen LogP contribution < -0.4 is 10.3 Å². The molecule has 2 aromatic rings. The third-order valence-electron chi connectivity index (χ3n) is 6.03. The normalized spacial score (nSPS) is 19.4. The molecule has 1 aromatic heterocycles. The summed E-state index contributed by atoms with van der Waals surface area (Å²) < 4.78 is 5.38. The number of fused-ring (bicyclic) bond motifs is 5. The Labute approximate surface area is 189 Å². The maximum absolute atomic E-state index is 13.2. The van der Waals surface area contributed by atoms with Gasteiger partial charge in [-0.3, -0.25) is 9.59 Å². The summed E-state index contributed by atoms with van der Waals surface area (Å²) in [6.07, 6.45) is 3.90. The summed E-state index contributed by atoms with van der Waals surface area (Å²) in [5.74, 6) is -1.49. The van der Waals surface area contributed by atoms with Gasteiger partial charge in [-0.05, 0) is 43.7 Å². The van der Waals surface area contributed by atoms with Gasteiger partial charge in [0.05, 0.1) is 23.7 Å². The molecular weight excluding hydrogens is 426 g/mol. The van der Waals surface area contributed by atoms with Crippen LogP contribution in [0.15, 0.2) is 46.8 Å². The van der Waals surface area contributed by atoms with E-state index in [0.717, 1.165) is 36.8 Å². The van der Waals surface area contributed by atoms with Crippen molar-refractivity contribution in [2.24, 2.45) is 5.10 Å². The predicted octanol–water partition coefficient (Wildman–Crippen LogP) is 3.69. The lowest BCUT2D eigenvalue weighted by molar-refractivity contribution is -0.138. The second-order valence-electron chi connectivity index (χ2n) is 8.02. The SMILES string of the molecule is CCOC(=O)C1=C2NC(=O)c3c(sc4c3CCCC4)N2N=C(C(C)=O)C1c1ccccc1. The molecule has 1 atom stereocenters. The fourth-order valence-corrected chi connectivity index (χ4v) is 5.99. The second kappa shape index (κ2) is 8.02. The van der Waals surface area contributed by atoms with Gasteiger partial charge in [0, 0.05) is 11.8 Å². The van der Waals surface area contributed by atoms with E-state index in [2.05, 4.69) is 5.32 Å². The molecule has 32 heavy (non-hydrogen) atoms. The zero-order valence-corrected chi connectivity index (χ0v) is 18.8. The van der Waals surface area contributed by atoms with Crippen LogP contribution in [0.2, 0.25) is 0 Å². The number of ether oxygens (including phenoxy) is 1. The lowest BCUT2D eigenvalue weighted by Gasteiger charge is -2.36. The van der Waals surface area contributed by atoms with Gasteiger partial charge in [-0.25, -0.2) is 9.80 Å². The Kier molecular flexibility index (Phi) is 5.17. The van der Waals surface area contributed by atoms with E-state index in [1.54, 1.807) is 11.9 Å². The number of carbonyl (C=O) groups excluding carboxylic acids is 3. The van der Waals surface area contributed by atoms with Gasteiger partial charge in [0.25, 0.3) is 5.91 Å². The van der Waals surface area contributed by atoms with E-state index in [1.807, 2.05) is 30.3 Å². The highest BCUT2D eigenvalue weighted by atomic mass is 32.1. The second-order valence-corrected chi connectivity index (χ2v) is 9.11. The molecule has 7 nitrogen and oxygen atoms in total.